The molecule has 0 aromatic heterocycles. The Kier molecular flexibility index (Phi) is 4.00. The van der Waals surface area contributed by atoms with Crippen molar-refractivity contribution in [1.29, 1.82) is 0 Å². The molecule has 0 spiro atoms. The molecule has 3 heteroatoms. The Hall–Kier alpha value is -1.09. The molecule has 1 aliphatic carbocycles. The number of halogens is 1. The molecule has 94 valence electrons. The Bertz CT molecular complexity index is 378. The van der Waals surface area contributed by atoms with E-state index in [1.165, 1.54) is 18.9 Å². The summed E-state index contributed by atoms with van der Waals surface area (Å²) in [4.78, 5) is 0. The molecule has 2 nitrogen and oxygen atoms in total. The lowest BCUT2D eigenvalue weighted by Crippen LogP contribution is -2.36. The van der Waals surface area contributed by atoms with Gasteiger partial charge in [0.25, 0.3) is 0 Å². The first kappa shape index (κ1) is 12.4. The van der Waals surface area contributed by atoms with Gasteiger partial charge in [-0.1, -0.05) is 18.9 Å². The molecule has 0 aliphatic heterocycles. The fourth-order valence-corrected chi connectivity index (χ4v) is 2.63. The summed E-state index contributed by atoms with van der Waals surface area (Å²) >= 11 is 0. The SMILES string of the molecule is Cc1ccc(F)c(NC2CCCCC2CN)c1. The molecule has 0 radical (unpaired) electrons. The molecule has 0 saturated heterocycles. The van der Waals surface area contributed by atoms with Gasteiger partial charge in [0, 0.05) is 6.04 Å². The molecular formula is C14H21FN2. The Morgan fingerprint density at radius 3 is 2.88 bits per heavy atom. The smallest absolute Gasteiger partial charge is 0.146 e. The number of aryl methyl sites for hydroxylation is 1. The lowest BCUT2D eigenvalue weighted by molar-refractivity contribution is 0.332. The second kappa shape index (κ2) is 5.50. The van der Waals surface area contributed by atoms with Crippen molar-refractivity contribution in [3.63, 3.8) is 0 Å². The third-order valence-electron chi connectivity index (χ3n) is 3.67. The van der Waals surface area contributed by atoms with Crippen LogP contribution in [0.3, 0.4) is 0 Å². The van der Waals surface area contributed by atoms with Gasteiger partial charge >= 0.3 is 0 Å². The van der Waals surface area contributed by atoms with Crippen molar-refractivity contribution in [3.8, 4) is 0 Å². The van der Waals surface area contributed by atoms with Crippen LogP contribution in [0.1, 0.15) is 31.2 Å². The number of benzene rings is 1. The maximum atomic E-state index is 13.7. The minimum atomic E-state index is -0.169. The van der Waals surface area contributed by atoms with Crippen molar-refractivity contribution in [1.82, 2.24) is 0 Å². The van der Waals surface area contributed by atoms with Gasteiger partial charge < -0.3 is 11.1 Å². The fourth-order valence-electron chi connectivity index (χ4n) is 2.63. The molecule has 2 unspecified atom stereocenters. The van der Waals surface area contributed by atoms with Gasteiger partial charge in [-0.05, 0) is 49.9 Å². The summed E-state index contributed by atoms with van der Waals surface area (Å²) in [6.07, 6.45) is 4.70. The summed E-state index contributed by atoms with van der Waals surface area (Å²) in [5.41, 5.74) is 7.48. The summed E-state index contributed by atoms with van der Waals surface area (Å²) in [5, 5.41) is 3.34. The van der Waals surface area contributed by atoms with Crippen LogP contribution >= 0.6 is 0 Å². The van der Waals surface area contributed by atoms with Gasteiger partial charge in [-0.25, -0.2) is 4.39 Å². The van der Waals surface area contributed by atoms with Gasteiger partial charge in [0.05, 0.1) is 5.69 Å². The second-order valence-corrected chi connectivity index (χ2v) is 5.01. The molecule has 1 saturated carbocycles. The van der Waals surface area contributed by atoms with Gasteiger partial charge in [-0.15, -0.1) is 0 Å². The molecule has 1 aliphatic rings. The normalized spacial score (nSPS) is 24.6. The Morgan fingerprint density at radius 1 is 1.35 bits per heavy atom. The molecule has 1 aromatic carbocycles. The summed E-state index contributed by atoms with van der Waals surface area (Å²) in [6, 6.07) is 5.52. The molecular weight excluding hydrogens is 215 g/mol. The minimum absolute atomic E-state index is 0.169. The molecule has 1 aromatic rings. The highest BCUT2D eigenvalue weighted by Gasteiger charge is 2.24. The molecule has 2 rings (SSSR count). The van der Waals surface area contributed by atoms with E-state index in [2.05, 4.69) is 5.32 Å². The van der Waals surface area contributed by atoms with E-state index in [0.29, 0.717) is 24.2 Å². The van der Waals surface area contributed by atoms with Crippen molar-refractivity contribution >= 4 is 5.69 Å². The Balaban J connectivity index is 2.10. The van der Waals surface area contributed by atoms with E-state index >= 15 is 0 Å². The van der Waals surface area contributed by atoms with Gasteiger partial charge in [0.2, 0.25) is 0 Å². The van der Waals surface area contributed by atoms with Gasteiger partial charge in [0.1, 0.15) is 5.82 Å². The minimum Gasteiger partial charge on any atom is -0.380 e. The summed E-state index contributed by atoms with van der Waals surface area (Å²) in [6.45, 7) is 2.66. The second-order valence-electron chi connectivity index (χ2n) is 5.01. The van der Waals surface area contributed by atoms with Crippen LogP contribution in [0.2, 0.25) is 0 Å². The van der Waals surface area contributed by atoms with Crippen LogP contribution in [-0.4, -0.2) is 12.6 Å². The van der Waals surface area contributed by atoms with E-state index in [9.17, 15) is 4.39 Å². The topological polar surface area (TPSA) is 38.0 Å². The highest BCUT2D eigenvalue weighted by atomic mass is 19.1. The average Bonchev–Trinajstić information content (AvgIpc) is 2.34. The van der Waals surface area contributed by atoms with Crippen LogP contribution < -0.4 is 11.1 Å². The largest absolute Gasteiger partial charge is 0.380 e. The van der Waals surface area contributed by atoms with Crippen LogP contribution in [0.5, 0.6) is 0 Å². The van der Waals surface area contributed by atoms with E-state index < -0.39 is 0 Å². The number of anilines is 1. The van der Waals surface area contributed by atoms with E-state index in [-0.39, 0.29) is 5.82 Å². The number of rotatable bonds is 3. The fraction of sp³-hybridized carbons (Fsp3) is 0.571. The molecule has 2 atom stereocenters. The lowest BCUT2D eigenvalue weighted by Gasteiger charge is -2.32. The zero-order valence-electron chi connectivity index (χ0n) is 10.4. The highest BCUT2D eigenvalue weighted by molar-refractivity contribution is 5.48. The predicted molar refractivity (Wildman–Crippen MR) is 69.6 cm³/mol. The average molecular weight is 236 g/mol. The van der Waals surface area contributed by atoms with Crippen LogP contribution in [0.4, 0.5) is 10.1 Å². The Labute approximate surface area is 102 Å². The van der Waals surface area contributed by atoms with Crippen molar-refractivity contribution in [3.05, 3.63) is 29.6 Å². The molecule has 0 bridgehead atoms. The monoisotopic (exact) mass is 236 g/mol. The number of hydrogen-bond donors (Lipinski definition) is 2. The van der Waals surface area contributed by atoms with Crippen molar-refractivity contribution in [2.45, 2.75) is 38.6 Å². The molecule has 17 heavy (non-hydrogen) atoms. The lowest BCUT2D eigenvalue weighted by atomic mass is 9.84. The van der Waals surface area contributed by atoms with Gasteiger partial charge in [0.15, 0.2) is 0 Å². The van der Waals surface area contributed by atoms with E-state index in [4.69, 9.17) is 5.73 Å². The molecule has 0 amide bonds. The predicted octanol–water partition coefficient (Wildman–Crippen LogP) is 3.06. The van der Waals surface area contributed by atoms with Gasteiger partial charge in [-0.2, -0.15) is 0 Å². The zero-order valence-corrected chi connectivity index (χ0v) is 10.4. The molecule has 0 heterocycles. The van der Waals surface area contributed by atoms with Crippen LogP contribution in [-0.2, 0) is 0 Å². The van der Waals surface area contributed by atoms with Crippen LogP contribution in [0, 0.1) is 18.7 Å². The first-order valence-electron chi connectivity index (χ1n) is 6.43. The van der Waals surface area contributed by atoms with Crippen molar-refractivity contribution in [2.24, 2.45) is 11.7 Å². The first-order valence-corrected chi connectivity index (χ1v) is 6.43. The summed E-state index contributed by atoms with van der Waals surface area (Å²) in [7, 11) is 0. The van der Waals surface area contributed by atoms with Crippen LogP contribution in [0.15, 0.2) is 18.2 Å². The summed E-state index contributed by atoms with van der Waals surface area (Å²) < 4.78 is 13.7. The maximum Gasteiger partial charge on any atom is 0.146 e. The van der Waals surface area contributed by atoms with E-state index in [1.807, 2.05) is 13.0 Å². The quantitative estimate of drug-likeness (QED) is 0.846. The maximum absolute atomic E-state index is 13.7. The number of nitrogens with one attached hydrogen (secondary N) is 1. The Morgan fingerprint density at radius 2 is 2.12 bits per heavy atom. The van der Waals surface area contributed by atoms with Crippen molar-refractivity contribution < 1.29 is 4.39 Å². The standard InChI is InChI=1S/C14H21FN2/c1-10-6-7-12(15)14(8-10)17-13-5-3-2-4-11(13)9-16/h6-8,11,13,17H,2-5,9,16H2,1H3. The summed E-state index contributed by atoms with van der Waals surface area (Å²) in [5.74, 6) is 0.306. The molecule has 3 N–H and O–H groups in total. The third-order valence-corrected chi connectivity index (χ3v) is 3.67. The highest BCUT2D eigenvalue weighted by Crippen LogP contribution is 2.27. The molecule has 1 fully saturated rings. The first-order chi connectivity index (χ1) is 8.20. The van der Waals surface area contributed by atoms with E-state index in [0.717, 1.165) is 18.4 Å². The van der Waals surface area contributed by atoms with Crippen molar-refractivity contribution in [2.75, 3.05) is 11.9 Å². The van der Waals surface area contributed by atoms with Gasteiger partial charge in [-0.3, -0.25) is 0 Å². The zero-order chi connectivity index (χ0) is 12.3. The number of nitrogens with two attached hydrogens (primary N) is 1. The van der Waals surface area contributed by atoms with Crippen LogP contribution in [0.25, 0.3) is 0 Å². The van der Waals surface area contributed by atoms with E-state index in [1.54, 1.807) is 6.07 Å². The number of hydrogen-bond acceptors (Lipinski definition) is 2. The third kappa shape index (κ3) is 2.97.